The van der Waals surface area contributed by atoms with E-state index in [4.69, 9.17) is 0 Å². The van der Waals surface area contributed by atoms with Crippen LogP contribution in [-0.2, 0) is 4.79 Å². The summed E-state index contributed by atoms with van der Waals surface area (Å²) in [5.41, 5.74) is -0.576. The lowest BCUT2D eigenvalue weighted by atomic mass is 10.0. The van der Waals surface area contributed by atoms with Crippen LogP contribution in [0.3, 0.4) is 0 Å². The molecule has 2 N–H and O–H groups in total. The Balaban J connectivity index is 2.26. The van der Waals surface area contributed by atoms with Crippen LogP contribution in [0.5, 0.6) is 0 Å². The summed E-state index contributed by atoms with van der Waals surface area (Å²) in [4.78, 5) is 13.3. The monoisotopic (exact) mass is 226 g/mol. The molecule has 0 atom stereocenters. The summed E-state index contributed by atoms with van der Waals surface area (Å²) in [5, 5.41) is 12.9. The van der Waals surface area contributed by atoms with E-state index in [2.05, 4.69) is 11.9 Å². The molecule has 4 heteroatoms. The first kappa shape index (κ1) is 13.2. The molecule has 1 aliphatic carbocycles. The molecule has 1 saturated carbocycles. The lowest BCUT2D eigenvalue weighted by Gasteiger charge is -2.28. The molecule has 0 aromatic rings. The van der Waals surface area contributed by atoms with Crippen LogP contribution in [0.1, 0.15) is 25.7 Å². The zero-order chi connectivity index (χ0) is 12.0. The Kier molecular flexibility index (Phi) is 4.96. The highest BCUT2D eigenvalue weighted by Crippen LogP contribution is 2.29. The molecule has 0 radical (unpaired) electrons. The highest BCUT2D eigenvalue weighted by Gasteiger charge is 2.32. The Morgan fingerprint density at radius 1 is 1.56 bits per heavy atom. The van der Waals surface area contributed by atoms with Crippen LogP contribution in [0.15, 0.2) is 12.7 Å². The van der Waals surface area contributed by atoms with Crippen molar-refractivity contribution < 1.29 is 9.90 Å². The van der Waals surface area contributed by atoms with Crippen LogP contribution in [-0.4, -0.2) is 48.2 Å². The zero-order valence-corrected chi connectivity index (χ0v) is 10.0. The fourth-order valence-corrected chi connectivity index (χ4v) is 2.24. The van der Waals surface area contributed by atoms with Crippen molar-refractivity contribution in [3.05, 3.63) is 12.7 Å². The van der Waals surface area contributed by atoms with Crippen LogP contribution in [0.2, 0.25) is 0 Å². The topological polar surface area (TPSA) is 52.6 Å². The van der Waals surface area contributed by atoms with Crippen molar-refractivity contribution in [1.29, 1.82) is 0 Å². The third-order valence-electron chi connectivity index (χ3n) is 2.96. The summed E-state index contributed by atoms with van der Waals surface area (Å²) < 4.78 is 0. The number of aliphatic hydroxyl groups is 1. The highest BCUT2D eigenvalue weighted by molar-refractivity contribution is 5.78. The van der Waals surface area contributed by atoms with Crippen molar-refractivity contribution in [2.75, 3.05) is 26.7 Å². The molecule has 1 amide bonds. The van der Waals surface area contributed by atoms with Gasteiger partial charge in [-0.2, -0.15) is 0 Å². The largest absolute Gasteiger partial charge is 0.389 e. The molecule has 0 saturated heterocycles. The number of carbonyl (C=O) groups is 1. The molecule has 92 valence electrons. The Bertz CT molecular complexity index is 247. The van der Waals surface area contributed by atoms with Crippen LogP contribution in [0.4, 0.5) is 0 Å². The van der Waals surface area contributed by atoms with E-state index in [-0.39, 0.29) is 5.91 Å². The second-order valence-electron chi connectivity index (χ2n) is 4.70. The van der Waals surface area contributed by atoms with Gasteiger partial charge in [0.2, 0.25) is 5.91 Å². The molecule has 16 heavy (non-hydrogen) atoms. The number of amides is 1. The smallest absolute Gasteiger partial charge is 0.234 e. The summed E-state index contributed by atoms with van der Waals surface area (Å²) in [7, 11) is 1.86. The van der Waals surface area contributed by atoms with Gasteiger partial charge in [-0.25, -0.2) is 0 Å². The first-order valence-electron chi connectivity index (χ1n) is 5.84. The molecule has 0 heterocycles. The van der Waals surface area contributed by atoms with E-state index in [0.29, 0.717) is 19.6 Å². The zero-order valence-electron chi connectivity index (χ0n) is 10.0. The minimum atomic E-state index is -0.576. The van der Waals surface area contributed by atoms with E-state index in [0.717, 1.165) is 25.7 Å². The SMILES string of the molecule is C=CCNC(=O)CN(C)CC1(O)CCCC1. The number of hydrogen-bond acceptors (Lipinski definition) is 3. The van der Waals surface area contributed by atoms with Gasteiger partial charge in [0.1, 0.15) is 0 Å². The molecule has 1 fully saturated rings. The molecular weight excluding hydrogens is 204 g/mol. The number of nitrogens with one attached hydrogen (secondary N) is 1. The highest BCUT2D eigenvalue weighted by atomic mass is 16.3. The lowest BCUT2D eigenvalue weighted by molar-refractivity contribution is -0.122. The second-order valence-corrected chi connectivity index (χ2v) is 4.70. The molecule has 0 aromatic carbocycles. The maximum atomic E-state index is 11.4. The maximum Gasteiger partial charge on any atom is 0.234 e. The van der Waals surface area contributed by atoms with Gasteiger partial charge in [0.15, 0.2) is 0 Å². The lowest BCUT2D eigenvalue weighted by Crippen LogP contribution is -2.43. The van der Waals surface area contributed by atoms with Crippen molar-refractivity contribution >= 4 is 5.91 Å². The normalized spacial score (nSPS) is 18.7. The fraction of sp³-hybridized carbons (Fsp3) is 0.750. The average Bonchev–Trinajstić information content (AvgIpc) is 2.61. The number of rotatable bonds is 6. The van der Waals surface area contributed by atoms with E-state index < -0.39 is 5.60 Å². The number of carbonyl (C=O) groups excluding carboxylic acids is 1. The molecule has 0 bridgehead atoms. The Morgan fingerprint density at radius 2 is 2.19 bits per heavy atom. The van der Waals surface area contributed by atoms with Gasteiger partial charge in [-0.3, -0.25) is 9.69 Å². The minimum absolute atomic E-state index is 0.0241. The third kappa shape index (κ3) is 4.33. The number of likely N-dealkylation sites (N-methyl/N-ethyl adjacent to an activating group) is 1. The van der Waals surface area contributed by atoms with E-state index in [9.17, 15) is 9.90 Å². The Hall–Kier alpha value is -0.870. The van der Waals surface area contributed by atoms with Crippen molar-refractivity contribution in [3.8, 4) is 0 Å². The summed E-state index contributed by atoms with van der Waals surface area (Å²) in [6, 6.07) is 0. The summed E-state index contributed by atoms with van der Waals surface area (Å²) >= 11 is 0. The molecule has 0 aliphatic heterocycles. The van der Waals surface area contributed by atoms with Crippen LogP contribution >= 0.6 is 0 Å². The quantitative estimate of drug-likeness (QED) is 0.649. The standard InChI is InChI=1S/C12H22N2O2/c1-3-8-13-11(15)9-14(2)10-12(16)6-4-5-7-12/h3,16H,1,4-10H2,2H3,(H,13,15). The van der Waals surface area contributed by atoms with Crippen molar-refractivity contribution in [2.24, 2.45) is 0 Å². The average molecular weight is 226 g/mol. The molecule has 0 spiro atoms. The predicted molar refractivity (Wildman–Crippen MR) is 64.1 cm³/mol. The Labute approximate surface area is 97.3 Å². The van der Waals surface area contributed by atoms with Gasteiger partial charge >= 0.3 is 0 Å². The van der Waals surface area contributed by atoms with Crippen molar-refractivity contribution in [3.63, 3.8) is 0 Å². The van der Waals surface area contributed by atoms with E-state index in [1.54, 1.807) is 6.08 Å². The molecule has 1 aliphatic rings. The van der Waals surface area contributed by atoms with Gasteiger partial charge < -0.3 is 10.4 Å². The van der Waals surface area contributed by atoms with Crippen LogP contribution in [0, 0.1) is 0 Å². The van der Waals surface area contributed by atoms with Crippen molar-refractivity contribution in [2.45, 2.75) is 31.3 Å². The summed E-state index contributed by atoms with van der Waals surface area (Å²) in [6.45, 7) is 4.94. The van der Waals surface area contributed by atoms with Crippen LogP contribution in [0.25, 0.3) is 0 Å². The van der Waals surface area contributed by atoms with Gasteiger partial charge in [0.25, 0.3) is 0 Å². The first-order valence-corrected chi connectivity index (χ1v) is 5.84. The van der Waals surface area contributed by atoms with Gasteiger partial charge in [-0.1, -0.05) is 18.9 Å². The minimum Gasteiger partial charge on any atom is -0.389 e. The van der Waals surface area contributed by atoms with Crippen molar-refractivity contribution in [1.82, 2.24) is 10.2 Å². The van der Waals surface area contributed by atoms with Gasteiger partial charge in [-0.15, -0.1) is 6.58 Å². The molecule has 0 unspecified atom stereocenters. The van der Waals surface area contributed by atoms with Crippen LogP contribution < -0.4 is 5.32 Å². The fourth-order valence-electron chi connectivity index (χ4n) is 2.24. The molecule has 0 aromatic heterocycles. The number of hydrogen-bond donors (Lipinski definition) is 2. The summed E-state index contributed by atoms with van der Waals surface area (Å²) in [5.74, 6) is -0.0241. The maximum absolute atomic E-state index is 11.4. The molecule has 1 rings (SSSR count). The second kappa shape index (κ2) is 6.01. The third-order valence-corrected chi connectivity index (χ3v) is 2.96. The van der Waals surface area contributed by atoms with Gasteiger partial charge in [-0.05, 0) is 19.9 Å². The van der Waals surface area contributed by atoms with Gasteiger partial charge in [0, 0.05) is 13.1 Å². The number of nitrogens with zero attached hydrogens (tertiary/aromatic N) is 1. The first-order chi connectivity index (χ1) is 7.56. The Morgan fingerprint density at radius 3 is 2.75 bits per heavy atom. The predicted octanol–water partition coefficient (Wildman–Crippen LogP) is 0.525. The molecular formula is C12H22N2O2. The van der Waals surface area contributed by atoms with E-state index >= 15 is 0 Å². The van der Waals surface area contributed by atoms with E-state index in [1.165, 1.54) is 0 Å². The molecule has 4 nitrogen and oxygen atoms in total. The van der Waals surface area contributed by atoms with E-state index in [1.807, 2.05) is 11.9 Å². The van der Waals surface area contributed by atoms with Gasteiger partial charge in [0.05, 0.1) is 12.1 Å². The summed E-state index contributed by atoms with van der Waals surface area (Å²) in [6.07, 6.45) is 5.54.